The first-order valence-corrected chi connectivity index (χ1v) is 10.3. The van der Waals surface area contributed by atoms with Crippen LogP contribution in [0, 0.1) is 0 Å². The van der Waals surface area contributed by atoms with Crippen molar-refractivity contribution >= 4 is 28.3 Å². The van der Waals surface area contributed by atoms with E-state index >= 15 is 0 Å². The Hall–Kier alpha value is -3.90. The van der Waals surface area contributed by atoms with E-state index in [2.05, 4.69) is 9.88 Å². The molecule has 1 aromatic heterocycles. The molecular weight excluding hydrogens is 402 g/mol. The molecule has 0 amide bonds. The third-order valence-electron chi connectivity index (χ3n) is 5.16. The second-order valence-corrected chi connectivity index (χ2v) is 7.83. The Kier molecular flexibility index (Phi) is 6.05. The van der Waals surface area contributed by atoms with Gasteiger partial charge in [0, 0.05) is 23.0 Å². The molecule has 6 nitrogen and oxygen atoms in total. The number of hydrogen-bond donors (Lipinski definition) is 2. The van der Waals surface area contributed by atoms with E-state index in [-0.39, 0.29) is 5.88 Å². The van der Waals surface area contributed by atoms with Gasteiger partial charge in [0.15, 0.2) is 5.88 Å². The summed E-state index contributed by atoms with van der Waals surface area (Å²) < 4.78 is 4.87. The number of aromatic hydroxyl groups is 1. The number of aromatic nitrogens is 1. The molecule has 4 aromatic rings. The van der Waals surface area contributed by atoms with Crippen LogP contribution in [0.4, 0.5) is 5.69 Å². The Labute approximate surface area is 186 Å². The number of ether oxygens (including phenoxy) is 1. The number of aromatic amines is 1. The topological polar surface area (TPSA) is 77.9 Å². The van der Waals surface area contributed by atoms with Gasteiger partial charge >= 0.3 is 5.97 Å². The molecule has 0 saturated heterocycles. The predicted octanol–water partition coefficient (Wildman–Crippen LogP) is 4.89. The minimum absolute atomic E-state index is 0.00570. The maximum Gasteiger partial charge on any atom is 0.337 e. The number of aliphatic imine (C=N–C) groups is 1. The lowest BCUT2D eigenvalue weighted by molar-refractivity contribution is 0.0601. The van der Waals surface area contributed by atoms with Crippen LogP contribution < -0.4 is 0 Å². The SMILES string of the molecule is COC(=O)c1ccc2[nH]c(O)c(C(=Nc3ccc(CN(C)C)cc3)c3ccccc3)c2c1. The number of carbonyl (C=O) groups excluding carboxylic acids is 1. The Bertz CT molecular complexity index is 1270. The molecule has 6 heteroatoms. The van der Waals surface area contributed by atoms with E-state index in [0.29, 0.717) is 27.7 Å². The lowest BCUT2D eigenvalue weighted by Crippen LogP contribution is -2.10. The number of nitrogens with one attached hydrogen (secondary N) is 1. The minimum atomic E-state index is -0.437. The molecule has 0 unspecified atom stereocenters. The standard InChI is InChI=1S/C26H25N3O3/c1-29(2)16-17-9-12-20(13-10-17)27-24(18-7-5-4-6-8-18)23-21-15-19(26(31)32-3)11-14-22(21)28-25(23)30/h4-15,28,30H,16H2,1-3H3. The molecule has 1 heterocycles. The van der Waals surface area contributed by atoms with Crippen molar-refractivity contribution in [3.8, 4) is 5.88 Å². The summed E-state index contributed by atoms with van der Waals surface area (Å²) in [6, 6.07) is 22.8. The molecule has 0 fully saturated rings. The van der Waals surface area contributed by atoms with Gasteiger partial charge in [-0.15, -0.1) is 0 Å². The molecule has 4 rings (SSSR count). The molecule has 0 aliphatic rings. The summed E-state index contributed by atoms with van der Waals surface area (Å²) in [7, 11) is 5.41. The number of H-pyrrole nitrogens is 1. The van der Waals surface area contributed by atoms with Gasteiger partial charge in [-0.3, -0.25) is 0 Å². The maximum absolute atomic E-state index is 12.1. The van der Waals surface area contributed by atoms with E-state index in [9.17, 15) is 9.90 Å². The van der Waals surface area contributed by atoms with Crippen LogP contribution in [-0.4, -0.2) is 47.9 Å². The number of carbonyl (C=O) groups is 1. The first-order valence-electron chi connectivity index (χ1n) is 10.3. The van der Waals surface area contributed by atoms with Crippen molar-refractivity contribution < 1.29 is 14.6 Å². The summed E-state index contributed by atoms with van der Waals surface area (Å²) in [5.74, 6) is -0.443. The van der Waals surface area contributed by atoms with Gasteiger partial charge in [-0.25, -0.2) is 9.79 Å². The van der Waals surface area contributed by atoms with Crippen LogP contribution in [0.2, 0.25) is 0 Å². The van der Waals surface area contributed by atoms with Gasteiger partial charge in [-0.05, 0) is 50.0 Å². The van der Waals surface area contributed by atoms with Gasteiger partial charge in [-0.1, -0.05) is 42.5 Å². The van der Waals surface area contributed by atoms with Crippen LogP contribution in [0.3, 0.4) is 0 Å². The lowest BCUT2D eigenvalue weighted by Gasteiger charge is -2.10. The molecule has 162 valence electrons. The zero-order chi connectivity index (χ0) is 22.7. The largest absolute Gasteiger partial charge is 0.494 e. The van der Waals surface area contributed by atoms with E-state index in [1.54, 1.807) is 18.2 Å². The highest BCUT2D eigenvalue weighted by molar-refractivity contribution is 6.22. The summed E-state index contributed by atoms with van der Waals surface area (Å²) in [6.07, 6.45) is 0. The van der Waals surface area contributed by atoms with E-state index in [1.807, 2.05) is 68.7 Å². The van der Waals surface area contributed by atoms with E-state index in [1.165, 1.54) is 12.7 Å². The first kappa shape index (κ1) is 21.3. The van der Waals surface area contributed by atoms with Crippen molar-refractivity contribution in [3.63, 3.8) is 0 Å². The van der Waals surface area contributed by atoms with E-state index < -0.39 is 5.97 Å². The van der Waals surface area contributed by atoms with Crippen molar-refractivity contribution in [2.45, 2.75) is 6.54 Å². The summed E-state index contributed by atoms with van der Waals surface area (Å²) in [6.45, 7) is 0.842. The molecule has 32 heavy (non-hydrogen) atoms. The number of hydrogen-bond acceptors (Lipinski definition) is 5. The molecule has 2 N–H and O–H groups in total. The van der Waals surface area contributed by atoms with Crippen molar-refractivity contribution in [2.75, 3.05) is 21.2 Å². The zero-order valence-corrected chi connectivity index (χ0v) is 18.3. The third kappa shape index (κ3) is 4.40. The fourth-order valence-electron chi connectivity index (χ4n) is 3.69. The number of fused-ring (bicyclic) bond motifs is 1. The molecule has 0 atom stereocenters. The number of benzene rings is 3. The average Bonchev–Trinajstić information content (AvgIpc) is 3.13. The Balaban J connectivity index is 1.88. The van der Waals surface area contributed by atoms with Crippen LogP contribution in [0.1, 0.15) is 27.0 Å². The third-order valence-corrected chi connectivity index (χ3v) is 5.16. The highest BCUT2D eigenvalue weighted by atomic mass is 16.5. The molecule has 0 aliphatic carbocycles. The average molecular weight is 428 g/mol. The zero-order valence-electron chi connectivity index (χ0n) is 18.3. The van der Waals surface area contributed by atoms with Gasteiger partial charge in [0.2, 0.25) is 0 Å². The highest BCUT2D eigenvalue weighted by Gasteiger charge is 2.20. The second-order valence-electron chi connectivity index (χ2n) is 7.83. The molecule has 0 saturated carbocycles. The molecule has 0 aliphatic heterocycles. The van der Waals surface area contributed by atoms with Gasteiger partial charge in [-0.2, -0.15) is 0 Å². The van der Waals surface area contributed by atoms with Crippen LogP contribution in [0.5, 0.6) is 5.88 Å². The monoisotopic (exact) mass is 427 g/mol. The maximum atomic E-state index is 12.1. The number of nitrogens with zero attached hydrogens (tertiary/aromatic N) is 2. The normalized spacial score (nSPS) is 11.8. The van der Waals surface area contributed by atoms with Crippen molar-refractivity contribution in [1.29, 1.82) is 0 Å². The summed E-state index contributed by atoms with van der Waals surface area (Å²) >= 11 is 0. The summed E-state index contributed by atoms with van der Waals surface area (Å²) in [4.78, 5) is 22.1. The molecule has 3 aromatic carbocycles. The van der Waals surface area contributed by atoms with Crippen molar-refractivity contribution in [2.24, 2.45) is 4.99 Å². The van der Waals surface area contributed by atoms with Gasteiger partial charge in [0.1, 0.15) is 0 Å². The van der Waals surface area contributed by atoms with Crippen molar-refractivity contribution in [3.05, 3.63) is 95.1 Å². The quantitative estimate of drug-likeness (QED) is 0.339. The Morgan fingerprint density at radius 2 is 1.72 bits per heavy atom. The predicted molar refractivity (Wildman–Crippen MR) is 127 cm³/mol. The van der Waals surface area contributed by atoms with E-state index in [4.69, 9.17) is 9.73 Å². The van der Waals surface area contributed by atoms with Crippen LogP contribution in [0.25, 0.3) is 10.9 Å². The Morgan fingerprint density at radius 3 is 2.38 bits per heavy atom. The Morgan fingerprint density at radius 1 is 1.00 bits per heavy atom. The fourth-order valence-corrected chi connectivity index (χ4v) is 3.69. The molecule has 0 spiro atoms. The van der Waals surface area contributed by atoms with E-state index in [0.717, 1.165) is 17.8 Å². The lowest BCUT2D eigenvalue weighted by atomic mass is 9.99. The van der Waals surface area contributed by atoms with Gasteiger partial charge in [0.05, 0.1) is 29.6 Å². The van der Waals surface area contributed by atoms with Gasteiger partial charge < -0.3 is 19.7 Å². The second kappa shape index (κ2) is 9.08. The smallest absolute Gasteiger partial charge is 0.337 e. The number of esters is 1. The molecular formula is C26H25N3O3. The van der Waals surface area contributed by atoms with Gasteiger partial charge in [0.25, 0.3) is 0 Å². The number of methoxy groups -OCH3 is 1. The first-order chi connectivity index (χ1) is 15.5. The van der Waals surface area contributed by atoms with Crippen LogP contribution >= 0.6 is 0 Å². The number of rotatable bonds is 6. The van der Waals surface area contributed by atoms with Crippen LogP contribution in [0.15, 0.2) is 77.8 Å². The minimum Gasteiger partial charge on any atom is -0.494 e. The van der Waals surface area contributed by atoms with Crippen molar-refractivity contribution in [1.82, 2.24) is 9.88 Å². The molecule has 0 radical (unpaired) electrons. The van der Waals surface area contributed by atoms with Crippen LogP contribution in [-0.2, 0) is 11.3 Å². The summed E-state index contributed by atoms with van der Waals surface area (Å²) in [5.41, 5.74) is 5.06. The molecule has 0 bridgehead atoms. The highest BCUT2D eigenvalue weighted by Crippen LogP contribution is 2.32. The summed E-state index contributed by atoms with van der Waals surface area (Å²) in [5, 5.41) is 11.5. The fraction of sp³-hybridized carbons (Fsp3) is 0.154.